The SMILES string of the molecule is O=[N+]([O-])c1cccc(-c2ccc(/C=N/Nc3ccccn3)o2)c1. The van der Waals surface area contributed by atoms with E-state index in [1.165, 1.54) is 18.3 Å². The molecule has 2 heterocycles. The quantitative estimate of drug-likeness (QED) is 0.440. The molecule has 0 aliphatic carbocycles. The summed E-state index contributed by atoms with van der Waals surface area (Å²) in [6, 6.07) is 15.2. The third-order valence-corrected chi connectivity index (χ3v) is 3.00. The minimum atomic E-state index is -0.439. The highest BCUT2D eigenvalue weighted by molar-refractivity contribution is 5.78. The Labute approximate surface area is 131 Å². The molecule has 0 saturated carbocycles. The Morgan fingerprint density at radius 1 is 1.17 bits per heavy atom. The first kappa shape index (κ1) is 14.5. The molecule has 0 aliphatic heterocycles. The molecule has 23 heavy (non-hydrogen) atoms. The first-order valence-corrected chi connectivity index (χ1v) is 6.77. The van der Waals surface area contributed by atoms with Crippen molar-refractivity contribution in [3.05, 3.63) is 76.7 Å². The molecular formula is C16H12N4O3. The fourth-order valence-corrected chi connectivity index (χ4v) is 1.94. The van der Waals surface area contributed by atoms with Crippen LogP contribution in [0.5, 0.6) is 0 Å². The van der Waals surface area contributed by atoms with Crippen molar-refractivity contribution < 1.29 is 9.34 Å². The Hall–Kier alpha value is -3.48. The van der Waals surface area contributed by atoms with Gasteiger partial charge in [0.25, 0.3) is 5.69 Å². The van der Waals surface area contributed by atoms with Crippen molar-refractivity contribution in [3.8, 4) is 11.3 Å². The summed E-state index contributed by atoms with van der Waals surface area (Å²) in [5.74, 6) is 1.68. The molecule has 0 bridgehead atoms. The molecule has 1 aromatic carbocycles. The number of nitro benzene ring substituents is 1. The van der Waals surface area contributed by atoms with Gasteiger partial charge in [-0.3, -0.25) is 15.5 Å². The number of anilines is 1. The van der Waals surface area contributed by atoms with Crippen molar-refractivity contribution in [2.75, 3.05) is 5.43 Å². The van der Waals surface area contributed by atoms with Crippen LogP contribution in [0, 0.1) is 10.1 Å². The van der Waals surface area contributed by atoms with E-state index in [2.05, 4.69) is 15.5 Å². The number of hydrogen-bond donors (Lipinski definition) is 1. The summed E-state index contributed by atoms with van der Waals surface area (Å²) in [6.45, 7) is 0. The zero-order chi connectivity index (χ0) is 16.1. The third kappa shape index (κ3) is 3.59. The predicted molar refractivity (Wildman–Crippen MR) is 86.3 cm³/mol. The van der Waals surface area contributed by atoms with E-state index < -0.39 is 4.92 Å². The van der Waals surface area contributed by atoms with Crippen LogP contribution in [0.2, 0.25) is 0 Å². The van der Waals surface area contributed by atoms with Crippen LogP contribution in [0.3, 0.4) is 0 Å². The van der Waals surface area contributed by atoms with Crippen LogP contribution in [0.15, 0.2) is 70.3 Å². The summed E-state index contributed by atoms with van der Waals surface area (Å²) in [6.07, 6.45) is 3.17. The van der Waals surface area contributed by atoms with Crippen LogP contribution >= 0.6 is 0 Å². The number of nitrogens with zero attached hydrogens (tertiary/aromatic N) is 3. The summed E-state index contributed by atoms with van der Waals surface area (Å²) in [4.78, 5) is 14.4. The largest absolute Gasteiger partial charge is 0.455 e. The monoisotopic (exact) mass is 308 g/mol. The highest BCUT2D eigenvalue weighted by atomic mass is 16.6. The third-order valence-electron chi connectivity index (χ3n) is 3.00. The van der Waals surface area contributed by atoms with Gasteiger partial charge < -0.3 is 4.42 Å². The van der Waals surface area contributed by atoms with Gasteiger partial charge >= 0.3 is 0 Å². The molecule has 0 atom stereocenters. The fraction of sp³-hybridized carbons (Fsp3) is 0. The second-order valence-corrected chi connectivity index (χ2v) is 4.59. The fourth-order valence-electron chi connectivity index (χ4n) is 1.94. The van der Waals surface area contributed by atoms with Gasteiger partial charge in [0.05, 0.1) is 11.1 Å². The van der Waals surface area contributed by atoms with Gasteiger partial charge in [-0.2, -0.15) is 5.10 Å². The lowest BCUT2D eigenvalue weighted by Gasteiger charge is -1.97. The zero-order valence-corrected chi connectivity index (χ0v) is 11.9. The van der Waals surface area contributed by atoms with E-state index in [0.29, 0.717) is 22.9 Å². The van der Waals surface area contributed by atoms with Crippen molar-refractivity contribution in [3.63, 3.8) is 0 Å². The van der Waals surface area contributed by atoms with Gasteiger partial charge in [0.1, 0.15) is 17.3 Å². The first-order chi connectivity index (χ1) is 11.2. The average Bonchev–Trinajstić information content (AvgIpc) is 3.05. The molecule has 2 aromatic heterocycles. The lowest BCUT2D eigenvalue weighted by Crippen LogP contribution is -1.91. The molecule has 0 spiro atoms. The highest BCUT2D eigenvalue weighted by Gasteiger charge is 2.09. The van der Waals surface area contributed by atoms with Crippen LogP contribution in [0.4, 0.5) is 11.5 Å². The van der Waals surface area contributed by atoms with Crippen LogP contribution in [-0.4, -0.2) is 16.1 Å². The minimum absolute atomic E-state index is 0.0194. The van der Waals surface area contributed by atoms with Crippen molar-refractivity contribution in [1.29, 1.82) is 0 Å². The van der Waals surface area contributed by atoms with Crippen LogP contribution in [-0.2, 0) is 0 Å². The normalized spacial score (nSPS) is 10.8. The number of furan rings is 1. The van der Waals surface area contributed by atoms with E-state index >= 15 is 0 Å². The van der Waals surface area contributed by atoms with Gasteiger partial charge in [0.15, 0.2) is 0 Å². The Morgan fingerprint density at radius 3 is 2.87 bits per heavy atom. The van der Waals surface area contributed by atoms with E-state index in [9.17, 15) is 10.1 Å². The van der Waals surface area contributed by atoms with Crippen LogP contribution < -0.4 is 5.43 Å². The Kier molecular flexibility index (Phi) is 4.10. The van der Waals surface area contributed by atoms with E-state index in [1.807, 2.05) is 12.1 Å². The lowest BCUT2D eigenvalue weighted by atomic mass is 10.1. The van der Waals surface area contributed by atoms with Crippen molar-refractivity contribution in [2.45, 2.75) is 0 Å². The number of aromatic nitrogens is 1. The van der Waals surface area contributed by atoms with Crippen molar-refractivity contribution in [1.82, 2.24) is 4.98 Å². The number of hydrogen-bond acceptors (Lipinski definition) is 6. The van der Waals surface area contributed by atoms with E-state index in [-0.39, 0.29) is 5.69 Å². The molecule has 0 aliphatic rings. The maximum atomic E-state index is 10.8. The number of pyridine rings is 1. The average molecular weight is 308 g/mol. The summed E-state index contributed by atoms with van der Waals surface area (Å²) in [5, 5.41) is 14.8. The van der Waals surface area contributed by atoms with Crippen LogP contribution in [0.1, 0.15) is 5.76 Å². The lowest BCUT2D eigenvalue weighted by molar-refractivity contribution is -0.384. The summed E-state index contributed by atoms with van der Waals surface area (Å²) < 4.78 is 5.61. The standard InChI is InChI=1S/C16H12N4O3/c21-20(22)13-5-3-4-12(10-13)15-8-7-14(23-15)11-18-19-16-6-1-2-9-17-16/h1-11H,(H,17,19)/b18-11+. The molecule has 7 heteroatoms. The molecule has 114 valence electrons. The van der Waals surface area contributed by atoms with Gasteiger partial charge in [-0.1, -0.05) is 18.2 Å². The topological polar surface area (TPSA) is 93.6 Å². The van der Waals surface area contributed by atoms with E-state index in [1.54, 1.807) is 36.5 Å². The van der Waals surface area contributed by atoms with Gasteiger partial charge in [-0.25, -0.2) is 4.98 Å². The number of non-ortho nitro benzene ring substituents is 1. The van der Waals surface area contributed by atoms with Gasteiger partial charge in [-0.15, -0.1) is 0 Å². The van der Waals surface area contributed by atoms with Gasteiger partial charge in [-0.05, 0) is 24.3 Å². The molecular weight excluding hydrogens is 296 g/mol. The number of rotatable bonds is 5. The highest BCUT2D eigenvalue weighted by Crippen LogP contribution is 2.25. The number of nitrogens with one attached hydrogen (secondary N) is 1. The second kappa shape index (κ2) is 6.52. The molecule has 7 nitrogen and oxygen atoms in total. The summed E-state index contributed by atoms with van der Waals surface area (Å²) >= 11 is 0. The Balaban J connectivity index is 1.73. The van der Waals surface area contributed by atoms with E-state index in [0.717, 1.165) is 0 Å². The number of benzene rings is 1. The zero-order valence-electron chi connectivity index (χ0n) is 11.9. The maximum Gasteiger partial charge on any atom is 0.270 e. The smallest absolute Gasteiger partial charge is 0.270 e. The predicted octanol–water partition coefficient (Wildman–Crippen LogP) is 3.70. The minimum Gasteiger partial charge on any atom is -0.455 e. The van der Waals surface area contributed by atoms with Crippen molar-refractivity contribution >= 4 is 17.7 Å². The molecule has 0 amide bonds. The van der Waals surface area contributed by atoms with Crippen LogP contribution in [0.25, 0.3) is 11.3 Å². The molecule has 0 unspecified atom stereocenters. The second-order valence-electron chi connectivity index (χ2n) is 4.59. The number of nitro groups is 1. The maximum absolute atomic E-state index is 10.8. The molecule has 3 aromatic rings. The Bertz CT molecular complexity index is 843. The van der Waals surface area contributed by atoms with Gasteiger partial charge in [0.2, 0.25) is 0 Å². The van der Waals surface area contributed by atoms with Crippen molar-refractivity contribution in [2.24, 2.45) is 5.10 Å². The van der Waals surface area contributed by atoms with Gasteiger partial charge in [0, 0.05) is 23.9 Å². The summed E-state index contributed by atoms with van der Waals surface area (Å²) in [7, 11) is 0. The number of hydrazone groups is 1. The molecule has 0 radical (unpaired) electrons. The summed E-state index contributed by atoms with van der Waals surface area (Å²) in [5.41, 5.74) is 3.43. The Morgan fingerprint density at radius 2 is 2.09 bits per heavy atom. The molecule has 1 N–H and O–H groups in total. The molecule has 0 fully saturated rings. The van der Waals surface area contributed by atoms with E-state index in [4.69, 9.17) is 4.42 Å². The molecule has 0 saturated heterocycles. The molecule has 3 rings (SSSR count). The first-order valence-electron chi connectivity index (χ1n) is 6.77.